The molecule has 2 saturated heterocycles. The fraction of sp³-hybridized carbons (Fsp3) is 0.476. The molecule has 1 aromatic carbocycles. The summed E-state index contributed by atoms with van der Waals surface area (Å²) in [5.74, 6) is 0.699. The highest BCUT2D eigenvalue weighted by Crippen LogP contribution is 2.27. The number of alkyl halides is 1. The van der Waals surface area contributed by atoms with Gasteiger partial charge in [0.2, 0.25) is 5.91 Å². The van der Waals surface area contributed by atoms with Gasteiger partial charge in [0.15, 0.2) is 0 Å². The van der Waals surface area contributed by atoms with Gasteiger partial charge in [-0.25, -0.2) is 4.39 Å². The number of ether oxygens (including phenoxy) is 1. The Labute approximate surface area is 163 Å². The van der Waals surface area contributed by atoms with Crippen LogP contribution < -0.4 is 4.74 Å². The number of likely N-dealkylation sites (tertiary alicyclic amines) is 2. The molecule has 0 saturated carbocycles. The molecule has 2 aliphatic heterocycles. The molecule has 0 unspecified atom stereocenters. The molecule has 7 heteroatoms. The number of piperidine rings is 1. The van der Waals surface area contributed by atoms with Crippen LogP contribution in [0.3, 0.4) is 0 Å². The molecular formula is C21H23FN4O2. The lowest BCUT2D eigenvalue weighted by atomic mass is 10.1. The number of benzene rings is 1. The number of halogens is 1. The highest BCUT2D eigenvalue weighted by Gasteiger charge is 2.36. The summed E-state index contributed by atoms with van der Waals surface area (Å²) in [6, 6.07) is 9.31. The van der Waals surface area contributed by atoms with E-state index < -0.39 is 12.2 Å². The minimum atomic E-state index is -1.09. The van der Waals surface area contributed by atoms with Crippen molar-refractivity contribution in [3.63, 3.8) is 0 Å². The van der Waals surface area contributed by atoms with Crippen LogP contribution in [-0.4, -0.2) is 65.2 Å². The number of carbonyl (C=O) groups excluding carboxylic acids is 1. The number of nitriles is 1. The molecule has 28 heavy (non-hydrogen) atoms. The van der Waals surface area contributed by atoms with Gasteiger partial charge in [-0.15, -0.1) is 0 Å². The first kappa shape index (κ1) is 18.6. The zero-order valence-electron chi connectivity index (χ0n) is 15.6. The van der Waals surface area contributed by atoms with Gasteiger partial charge in [0.25, 0.3) is 0 Å². The lowest BCUT2D eigenvalue weighted by molar-refractivity contribution is -0.133. The molecular weight excluding hydrogens is 359 g/mol. The summed E-state index contributed by atoms with van der Waals surface area (Å²) >= 11 is 0. The Morgan fingerprint density at radius 3 is 2.93 bits per heavy atom. The van der Waals surface area contributed by atoms with E-state index in [1.54, 1.807) is 6.20 Å². The molecule has 2 aliphatic rings. The van der Waals surface area contributed by atoms with E-state index in [1.165, 1.54) is 4.90 Å². The first-order chi connectivity index (χ1) is 13.6. The summed E-state index contributed by atoms with van der Waals surface area (Å²) < 4.78 is 19.8. The second-order valence-electron chi connectivity index (χ2n) is 7.47. The molecule has 1 amide bonds. The number of hydrogen-bond donors (Lipinski definition) is 0. The molecule has 3 heterocycles. The van der Waals surface area contributed by atoms with Crippen LogP contribution in [0.5, 0.6) is 5.75 Å². The van der Waals surface area contributed by atoms with Crippen molar-refractivity contribution < 1.29 is 13.9 Å². The summed E-state index contributed by atoms with van der Waals surface area (Å²) in [5, 5.41) is 11.2. The van der Waals surface area contributed by atoms with Crippen molar-refractivity contribution in [1.29, 1.82) is 5.26 Å². The molecule has 0 radical (unpaired) electrons. The predicted molar refractivity (Wildman–Crippen MR) is 102 cm³/mol. The van der Waals surface area contributed by atoms with E-state index in [-0.39, 0.29) is 31.5 Å². The van der Waals surface area contributed by atoms with Crippen LogP contribution >= 0.6 is 0 Å². The highest BCUT2D eigenvalue weighted by atomic mass is 19.1. The van der Waals surface area contributed by atoms with Gasteiger partial charge in [0.05, 0.1) is 19.2 Å². The monoisotopic (exact) mass is 382 g/mol. The van der Waals surface area contributed by atoms with E-state index >= 15 is 0 Å². The molecule has 0 N–H and O–H groups in total. The number of aromatic nitrogens is 1. The lowest BCUT2D eigenvalue weighted by Gasteiger charge is -2.33. The fourth-order valence-corrected chi connectivity index (χ4v) is 4.03. The second kappa shape index (κ2) is 8.11. The molecule has 2 fully saturated rings. The van der Waals surface area contributed by atoms with E-state index in [0.717, 1.165) is 42.5 Å². The van der Waals surface area contributed by atoms with Crippen LogP contribution in [0.2, 0.25) is 0 Å². The Bertz CT molecular complexity index is 886. The normalized spacial score (nSPS) is 23.6. The van der Waals surface area contributed by atoms with Crippen molar-refractivity contribution in [2.75, 3.05) is 26.2 Å². The Morgan fingerprint density at radius 1 is 1.32 bits per heavy atom. The van der Waals surface area contributed by atoms with Gasteiger partial charge < -0.3 is 9.64 Å². The van der Waals surface area contributed by atoms with Crippen LogP contribution in [0.15, 0.2) is 36.7 Å². The van der Waals surface area contributed by atoms with Crippen molar-refractivity contribution in [3.05, 3.63) is 36.7 Å². The van der Waals surface area contributed by atoms with E-state index in [4.69, 9.17) is 10.00 Å². The largest absolute Gasteiger partial charge is 0.490 e. The Balaban J connectivity index is 1.31. The number of fused-ring (bicyclic) bond motifs is 1. The summed E-state index contributed by atoms with van der Waals surface area (Å²) in [6.45, 7) is 1.75. The molecule has 2 atom stereocenters. The Morgan fingerprint density at radius 2 is 2.14 bits per heavy atom. The van der Waals surface area contributed by atoms with Gasteiger partial charge in [-0.1, -0.05) is 12.1 Å². The highest BCUT2D eigenvalue weighted by molar-refractivity contribution is 5.87. The number of nitrogens with zero attached hydrogens (tertiary/aromatic N) is 4. The van der Waals surface area contributed by atoms with E-state index in [1.807, 2.05) is 36.5 Å². The van der Waals surface area contributed by atoms with E-state index in [9.17, 15) is 9.18 Å². The Hall–Kier alpha value is -2.72. The number of amides is 1. The summed E-state index contributed by atoms with van der Waals surface area (Å²) in [6.07, 6.45) is 4.36. The molecule has 2 aromatic rings. The molecule has 0 aliphatic carbocycles. The van der Waals surface area contributed by atoms with Crippen LogP contribution in [0.4, 0.5) is 4.39 Å². The average molecular weight is 382 g/mol. The summed E-state index contributed by atoms with van der Waals surface area (Å²) in [5.41, 5.74) is 0. The van der Waals surface area contributed by atoms with Crippen LogP contribution in [0, 0.1) is 11.3 Å². The van der Waals surface area contributed by atoms with Gasteiger partial charge in [-0.2, -0.15) is 5.26 Å². The predicted octanol–water partition coefficient (Wildman–Crippen LogP) is 2.54. The Kier molecular flexibility index (Phi) is 5.40. The quantitative estimate of drug-likeness (QED) is 0.813. The molecule has 1 aromatic heterocycles. The molecule has 0 bridgehead atoms. The van der Waals surface area contributed by atoms with E-state index in [0.29, 0.717) is 0 Å². The number of rotatable bonds is 4. The summed E-state index contributed by atoms with van der Waals surface area (Å²) in [7, 11) is 0. The van der Waals surface area contributed by atoms with Crippen molar-refractivity contribution >= 4 is 16.7 Å². The molecule has 146 valence electrons. The standard InChI is InChI=1S/C21H23FN4O2/c22-16-10-17(11-23)26(13-16)21(27)14-25-8-5-18(6-9-25)28-20-3-1-2-15-12-24-7-4-19(15)20/h1-4,7,12,16-18H,5-6,8-10,13-14H2/t16-,17-/m0/s1. The minimum Gasteiger partial charge on any atom is -0.490 e. The molecule has 0 spiro atoms. The first-order valence-corrected chi connectivity index (χ1v) is 9.69. The second-order valence-corrected chi connectivity index (χ2v) is 7.47. The maximum absolute atomic E-state index is 13.5. The third-order valence-corrected chi connectivity index (χ3v) is 5.55. The van der Waals surface area contributed by atoms with Crippen LogP contribution in [0.25, 0.3) is 10.8 Å². The number of pyridine rings is 1. The van der Waals surface area contributed by atoms with Gasteiger partial charge in [0, 0.05) is 42.7 Å². The van der Waals surface area contributed by atoms with E-state index in [2.05, 4.69) is 9.88 Å². The zero-order valence-corrected chi connectivity index (χ0v) is 15.6. The lowest BCUT2D eigenvalue weighted by Crippen LogP contribution is -2.46. The smallest absolute Gasteiger partial charge is 0.237 e. The number of carbonyl (C=O) groups is 1. The third kappa shape index (κ3) is 3.92. The maximum atomic E-state index is 13.5. The van der Waals surface area contributed by atoms with Crippen molar-refractivity contribution in [2.24, 2.45) is 0 Å². The third-order valence-electron chi connectivity index (χ3n) is 5.55. The minimum absolute atomic E-state index is 0.0343. The summed E-state index contributed by atoms with van der Waals surface area (Å²) in [4.78, 5) is 20.1. The van der Waals surface area contributed by atoms with Crippen molar-refractivity contribution in [3.8, 4) is 11.8 Å². The van der Waals surface area contributed by atoms with Crippen molar-refractivity contribution in [2.45, 2.75) is 37.6 Å². The average Bonchev–Trinajstić information content (AvgIpc) is 3.11. The zero-order chi connectivity index (χ0) is 19.5. The van der Waals surface area contributed by atoms with Gasteiger partial charge >= 0.3 is 0 Å². The molecule has 6 nitrogen and oxygen atoms in total. The first-order valence-electron chi connectivity index (χ1n) is 9.69. The van der Waals surface area contributed by atoms with Crippen molar-refractivity contribution in [1.82, 2.24) is 14.8 Å². The topological polar surface area (TPSA) is 69.5 Å². The van der Waals surface area contributed by atoms with Gasteiger partial charge in [-0.05, 0) is 25.0 Å². The van der Waals surface area contributed by atoms with Crippen LogP contribution in [0.1, 0.15) is 19.3 Å². The molecule has 4 rings (SSSR count). The maximum Gasteiger partial charge on any atom is 0.237 e. The number of hydrogen-bond acceptors (Lipinski definition) is 5. The fourth-order valence-electron chi connectivity index (χ4n) is 4.03. The van der Waals surface area contributed by atoms with Gasteiger partial charge in [-0.3, -0.25) is 14.7 Å². The SMILES string of the molecule is N#C[C@@H]1C[C@H](F)CN1C(=O)CN1CCC(Oc2cccc3cnccc23)CC1. The van der Waals surface area contributed by atoms with Gasteiger partial charge in [0.1, 0.15) is 24.1 Å². The van der Waals surface area contributed by atoms with Crippen LogP contribution in [-0.2, 0) is 4.79 Å².